The van der Waals surface area contributed by atoms with Gasteiger partial charge in [-0.25, -0.2) is 0 Å². The Morgan fingerprint density at radius 3 is 2.93 bits per heavy atom. The lowest BCUT2D eigenvalue weighted by atomic mass is 10.2. The van der Waals surface area contributed by atoms with Gasteiger partial charge in [-0.15, -0.1) is 11.3 Å². The van der Waals surface area contributed by atoms with Crippen molar-refractivity contribution in [1.29, 1.82) is 0 Å². The van der Waals surface area contributed by atoms with Gasteiger partial charge < -0.3 is 5.73 Å². The molecule has 0 saturated carbocycles. The monoisotopic (exact) mass is 207 g/mol. The molecular formula is C9H9N3OS. The van der Waals surface area contributed by atoms with E-state index in [2.05, 4.69) is 5.10 Å². The van der Waals surface area contributed by atoms with Crippen molar-refractivity contribution >= 4 is 17.2 Å². The highest BCUT2D eigenvalue weighted by Crippen LogP contribution is 2.26. The maximum atomic E-state index is 11.1. The van der Waals surface area contributed by atoms with E-state index in [4.69, 9.17) is 5.73 Å². The molecule has 0 aliphatic heterocycles. The molecule has 5 heteroatoms. The van der Waals surface area contributed by atoms with E-state index in [1.165, 1.54) is 11.3 Å². The van der Waals surface area contributed by atoms with Crippen LogP contribution in [-0.2, 0) is 7.05 Å². The number of carbonyl (C=O) groups excluding carboxylic acids is 1. The minimum Gasteiger partial charge on any atom is -0.365 e. The fraction of sp³-hybridized carbons (Fsp3) is 0.111. The third-order valence-electron chi connectivity index (χ3n) is 1.99. The lowest BCUT2D eigenvalue weighted by Gasteiger charge is -2.00. The largest absolute Gasteiger partial charge is 0.365 e. The molecule has 0 saturated heterocycles. The number of rotatable bonds is 2. The summed E-state index contributed by atoms with van der Waals surface area (Å²) in [6.07, 6.45) is 1.69. The lowest BCUT2D eigenvalue weighted by Crippen LogP contribution is -2.10. The van der Waals surface area contributed by atoms with Crippen molar-refractivity contribution in [3.63, 3.8) is 0 Å². The van der Waals surface area contributed by atoms with Crippen molar-refractivity contribution in [1.82, 2.24) is 9.78 Å². The smallest absolute Gasteiger partial charge is 0.259 e. The molecular weight excluding hydrogens is 198 g/mol. The third-order valence-corrected chi connectivity index (χ3v) is 2.91. The zero-order valence-electron chi connectivity index (χ0n) is 7.60. The van der Waals surface area contributed by atoms with Crippen LogP contribution in [0.3, 0.4) is 0 Å². The summed E-state index contributed by atoms with van der Waals surface area (Å²) < 4.78 is 1.72. The van der Waals surface area contributed by atoms with Crippen molar-refractivity contribution < 1.29 is 4.79 Å². The Labute approximate surface area is 85.0 Å². The number of thiophene rings is 1. The number of nitrogens with two attached hydrogens (primary N) is 1. The molecule has 14 heavy (non-hydrogen) atoms. The highest BCUT2D eigenvalue weighted by molar-refractivity contribution is 7.12. The van der Waals surface area contributed by atoms with Crippen LogP contribution >= 0.6 is 11.3 Å². The SMILES string of the molecule is Cn1nccc1-c1ccsc1C(N)=O. The molecule has 0 aliphatic rings. The van der Waals surface area contributed by atoms with Gasteiger partial charge in [-0.2, -0.15) is 5.10 Å². The van der Waals surface area contributed by atoms with Gasteiger partial charge in [0, 0.05) is 18.8 Å². The first kappa shape index (κ1) is 8.96. The first-order valence-corrected chi connectivity index (χ1v) is 4.94. The van der Waals surface area contributed by atoms with Crippen LogP contribution in [-0.4, -0.2) is 15.7 Å². The van der Waals surface area contributed by atoms with Crippen molar-refractivity contribution in [2.24, 2.45) is 12.8 Å². The average molecular weight is 207 g/mol. The number of carbonyl (C=O) groups is 1. The second-order valence-electron chi connectivity index (χ2n) is 2.87. The summed E-state index contributed by atoms with van der Waals surface area (Å²) in [5, 5.41) is 5.89. The van der Waals surface area contributed by atoms with Gasteiger partial charge >= 0.3 is 0 Å². The zero-order chi connectivity index (χ0) is 10.1. The fourth-order valence-corrected chi connectivity index (χ4v) is 2.10. The second kappa shape index (κ2) is 3.26. The van der Waals surface area contributed by atoms with Crippen LogP contribution in [0.5, 0.6) is 0 Å². The summed E-state index contributed by atoms with van der Waals surface area (Å²) in [4.78, 5) is 11.7. The summed E-state index contributed by atoms with van der Waals surface area (Å²) >= 11 is 1.35. The molecule has 0 aliphatic carbocycles. The van der Waals surface area contributed by atoms with Crippen LogP contribution in [0.4, 0.5) is 0 Å². The number of amides is 1. The predicted octanol–water partition coefficient (Wildman–Crippen LogP) is 1.25. The van der Waals surface area contributed by atoms with Crippen molar-refractivity contribution in [2.75, 3.05) is 0 Å². The van der Waals surface area contributed by atoms with Crippen LogP contribution in [0.25, 0.3) is 11.3 Å². The summed E-state index contributed by atoms with van der Waals surface area (Å²) in [5.74, 6) is -0.392. The van der Waals surface area contributed by atoms with E-state index in [0.717, 1.165) is 11.3 Å². The van der Waals surface area contributed by atoms with Gasteiger partial charge in [0.15, 0.2) is 0 Å². The molecule has 0 unspecified atom stereocenters. The number of hydrogen-bond acceptors (Lipinski definition) is 3. The molecule has 2 aromatic rings. The Bertz CT molecular complexity index is 472. The molecule has 0 radical (unpaired) electrons. The standard InChI is InChI=1S/C9H9N3OS/c1-12-7(2-4-11-12)6-3-5-14-8(6)9(10)13/h2-5H,1H3,(H2,10,13). The molecule has 2 aromatic heterocycles. The van der Waals surface area contributed by atoms with E-state index >= 15 is 0 Å². The molecule has 0 aromatic carbocycles. The van der Waals surface area contributed by atoms with Gasteiger partial charge in [0.2, 0.25) is 0 Å². The predicted molar refractivity (Wildman–Crippen MR) is 55.0 cm³/mol. The van der Waals surface area contributed by atoms with Crippen molar-refractivity contribution in [2.45, 2.75) is 0 Å². The van der Waals surface area contributed by atoms with Crippen LogP contribution in [0.2, 0.25) is 0 Å². The molecule has 72 valence electrons. The molecule has 0 bridgehead atoms. The number of aryl methyl sites for hydroxylation is 1. The third kappa shape index (κ3) is 1.31. The van der Waals surface area contributed by atoms with Crippen LogP contribution in [0.15, 0.2) is 23.7 Å². The van der Waals surface area contributed by atoms with Crippen molar-refractivity contribution in [3.8, 4) is 11.3 Å². The van der Waals surface area contributed by atoms with Gasteiger partial charge in [0.05, 0.1) is 5.69 Å². The maximum Gasteiger partial charge on any atom is 0.259 e. The Balaban J connectivity index is 2.57. The van der Waals surface area contributed by atoms with E-state index in [1.807, 2.05) is 24.6 Å². The van der Waals surface area contributed by atoms with E-state index < -0.39 is 5.91 Å². The zero-order valence-corrected chi connectivity index (χ0v) is 8.41. The van der Waals surface area contributed by atoms with Gasteiger partial charge in [0.25, 0.3) is 5.91 Å². The van der Waals surface area contributed by atoms with Gasteiger partial charge in [-0.05, 0) is 17.5 Å². The molecule has 2 N–H and O–H groups in total. The topological polar surface area (TPSA) is 60.9 Å². The fourth-order valence-electron chi connectivity index (χ4n) is 1.34. The molecule has 0 fully saturated rings. The first-order valence-electron chi connectivity index (χ1n) is 4.06. The lowest BCUT2D eigenvalue weighted by molar-refractivity contribution is 0.100. The Kier molecular flexibility index (Phi) is 2.09. The number of hydrogen-bond donors (Lipinski definition) is 1. The minimum absolute atomic E-state index is 0.392. The van der Waals surface area contributed by atoms with E-state index in [0.29, 0.717) is 4.88 Å². The van der Waals surface area contributed by atoms with Crippen LogP contribution in [0, 0.1) is 0 Å². The van der Waals surface area contributed by atoms with E-state index in [9.17, 15) is 4.79 Å². The number of aromatic nitrogens is 2. The van der Waals surface area contributed by atoms with Crippen LogP contribution in [0.1, 0.15) is 9.67 Å². The second-order valence-corrected chi connectivity index (χ2v) is 3.78. The highest BCUT2D eigenvalue weighted by atomic mass is 32.1. The van der Waals surface area contributed by atoms with Gasteiger partial charge in [0.1, 0.15) is 4.88 Å². The Morgan fingerprint density at radius 1 is 1.57 bits per heavy atom. The Morgan fingerprint density at radius 2 is 2.36 bits per heavy atom. The molecule has 4 nitrogen and oxygen atoms in total. The summed E-state index contributed by atoms with van der Waals surface area (Å²) in [6, 6.07) is 3.73. The maximum absolute atomic E-state index is 11.1. The molecule has 1 amide bonds. The number of primary amides is 1. The summed E-state index contributed by atoms with van der Waals surface area (Å²) in [6.45, 7) is 0. The van der Waals surface area contributed by atoms with E-state index in [1.54, 1.807) is 10.9 Å². The van der Waals surface area contributed by atoms with Crippen LogP contribution < -0.4 is 5.73 Å². The molecule has 2 rings (SSSR count). The van der Waals surface area contributed by atoms with Crippen molar-refractivity contribution in [3.05, 3.63) is 28.6 Å². The molecule has 0 spiro atoms. The summed E-state index contributed by atoms with van der Waals surface area (Å²) in [7, 11) is 1.83. The first-order chi connectivity index (χ1) is 6.70. The minimum atomic E-state index is -0.392. The molecule has 0 atom stereocenters. The number of nitrogens with zero attached hydrogens (tertiary/aromatic N) is 2. The quantitative estimate of drug-likeness (QED) is 0.805. The summed E-state index contributed by atoms with van der Waals surface area (Å²) in [5.41, 5.74) is 7.01. The normalized spacial score (nSPS) is 10.4. The van der Waals surface area contributed by atoms with E-state index in [-0.39, 0.29) is 0 Å². The average Bonchev–Trinajstić information content (AvgIpc) is 2.70. The van der Waals surface area contributed by atoms with Gasteiger partial charge in [-0.3, -0.25) is 9.48 Å². The molecule has 2 heterocycles. The Hall–Kier alpha value is -1.62. The van der Waals surface area contributed by atoms with Gasteiger partial charge in [-0.1, -0.05) is 0 Å². The highest BCUT2D eigenvalue weighted by Gasteiger charge is 2.13.